The van der Waals surface area contributed by atoms with Crippen LogP contribution >= 0.6 is 11.8 Å². The Hall–Kier alpha value is -0.470. The molecule has 0 saturated carbocycles. The third-order valence-corrected chi connectivity index (χ3v) is 4.82. The van der Waals surface area contributed by atoms with Crippen molar-refractivity contribution in [1.29, 1.82) is 0 Å². The van der Waals surface area contributed by atoms with E-state index >= 15 is 0 Å². The van der Waals surface area contributed by atoms with Crippen molar-refractivity contribution in [2.75, 3.05) is 12.3 Å². The van der Waals surface area contributed by atoms with E-state index in [1.54, 1.807) is 0 Å². The maximum Gasteiger partial charge on any atom is 0.0172 e. The highest BCUT2D eigenvalue weighted by Crippen LogP contribution is 2.25. The van der Waals surface area contributed by atoms with E-state index in [9.17, 15) is 0 Å². The molecule has 1 heterocycles. The summed E-state index contributed by atoms with van der Waals surface area (Å²) in [6.07, 6.45) is 5.24. The lowest BCUT2D eigenvalue weighted by Crippen LogP contribution is -2.32. The van der Waals surface area contributed by atoms with Crippen LogP contribution in [0.25, 0.3) is 0 Å². The SMILES string of the molecule is CC(CCc1ccccc1)NCC1CCCS1. The Morgan fingerprint density at radius 3 is 2.88 bits per heavy atom. The number of rotatable bonds is 6. The molecule has 94 valence electrons. The molecule has 2 unspecified atom stereocenters. The Bertz CT molecular complexity index is 306. The summed E-state index contributed by atoms with van der Waals surface area (Å²) in [4.78, 5) is 0. The molecule has 0 spiro atoms. The van der Waals surface area contributed by atoms with Crippen LogP contribution in [-0.4, -0.2) is 23.6 Å². The predicted octanol–water partition coefficient (Wildman–Crippen LogP) is 3.49. The molecule has 2 heteroatoms. The van der Waals surface area contributed by atoms with Crippen molar-refractivity contribution in [2.24, 2.45) is 0 Å². The van der Waals surface area contributed by atoms with E-state index in [1.807, 2.05) is 0 Å². The fourth-order valence-corrected chi connectivity index (χ4v) is 3.48. The number of nitrogens with one attached hydrogen (secondary N) is 1. The first-order valence-corrected chi connectivity index (χ1v) is 7.78. The second-order valence-electron chi connectivity index (χ2n) is 4.97. The van der Waals surface area contributed by atoms with Crippen molar-refractivity contribution < 1.29 is 0 Å². The van der Waals surface area contributed by atoms with Gasteiger partial charge in [0.2, 0.25) is 0 Å². The minimum Gasteiger partial charge on any atom is -0.313 e. The molecule has 1 aromatic carbocycles. The van der Waals surface area contributed by atoms with Crippen LogP contribution < -0.4 is 5.32 Å². The monoisotopic (exact) mass is 249 g/mol. The number of benzene rings is 1. The van der Waals surface area contributed by atoms with E-state index in [0.29, 0.717) is 6.04 Å². The Kier molecular flexibility index (Phi) is 5.40. The largest absolute Gasteiger partial charge is 0.313 e. The van der Waals surface area contributed by atoms with Gasteiger partial charge >= 0.3 is 0 Å². The lowest BCUT2D eigenvalue weighted by Gasteiger charge is -2.16. The Morgan fingerprint density at radius 1 is 1.35 bits per heavy atom. The van der Waals surface area contributed by atoms with Gasteiger partial charge < -0.3 is 5.32 Å². The third-order valence-electron chi connectivity index (χ3n) is 3.43. The summed E-state index contributed by atoms with van der Waals surface area (Å²) >= 11 is 2.14. The summed E-state index contributed by atoms with van der Waals surface area (Å²) in [5.74, 6) is 1.37. The van der Waals surface area contributed by atoms with Gasteiger partial charge in [0.1, 0.15) is 0 Å². The van der Waals surface area contributed by atoms with Crippen LogP contribution in [0.5, 0.6) is 0 Å². The van der Waals surface area contributed by atoms with Gasteiger partial charge in [-0.15, -0.1) is 0 Å². The highest BCUT2D eigenvalue weighted by Gasteiger charge is 2.15. The molecule has 2 rings (SSSR count). The molecule has 0 bridgehead atoms. The van der Waals surface area contributed by atoms with Crippen LogP contribution in [0, 0.1) is 0 Å². The highest BCUT2D eigenvalue weighted by molar-refractivity contribution is 8.00. The maximum atomic E-state index is 3.67. The average molecular weight is 249 g/mol. The van der Waals surface area contributed by atoms with E-state index in [-0.39, 0.29) is 0 Å². The van der Waals surface area contributed by atoms with Gasteiger partial charge in [0, 0.05) is 17.8 Å². The molecule has 1 aliphatic heterocycles. The minimum absolute atomic E-state index is 0.636. The third kappa shape index (κ3) is 4.72. The number of hydrogen-bond acceptors (Lipinski definition) is 2. The molecule has 0 radical (unpaired) electrons. The number of hydrogen-bond donors (Lipinski definition) is 1. The van der Waals surface area contributed by atoms with E-state index in [1.165, 1.54) is 43.5 Å². The van der Waals surface area contributed by atoms with Gasteiger partial charge in [-0.25, -0.2) is 0 Å². The van der Waals surface area contributed by atoms with Crippen LogP contribution in [-0.2, 0) is 6.42 Å². The number of thioether (sulfide) groups is 1. The molecule has 1 saturated heterocycles. The normalized spacial score (nSPS) is 21.6. The Labute approximate surface area is 109 Å². The minimum atomic E-state index is 0.636. The fraction of sp³-hybridized carbons (Fsp3) is 0.600. The molecular formula is C15H23NS. The Morgan fingerprint density at radius 2 is 2.18 bits per heavy atom. The zero-order valence-corrected chi connectivity index (χ0v) is 11.5. The molecule has 1 fully saturated rings. The molecule has 2 atom stereocenters. The summed E-state index contributed by atoms with van der Waals surface area (Å²) in [5.41, 5.74) is 1.45. The molecule has 17 heavy (non-hydrogen) atoms. The molecule has 0 aliphatic carbocycles. The van der Waals surface area contributed by atoms with E-state index < -0.39 is 0 Å². The van der Waals surface area contributed by atoms with Crippen LogP contribution in [0.1, 0.15) is 31.7 Å². The number of aryl methyl sites for hydroxylation is 1. The van der Waals surface area contributed by atoms with Crippen LogP contribution in [0.3, 0.4) is 0 Å². The van der Waals surface area contributed by atoms with Crippen molar-refractivity contribution >= 4 is 11.8 Å². The molecule has 0 aromatic heterocycles. The Balaban J connectivity index is 1.62. The van der Waals surface area contributed by atoms with Crippen molar-refractivity contribution in [3.8, 4) is 0 Å². The van der Waals surface area contributed by atoms with Gasteiger partial charge in [-0.05, 0) is 43.9 Å². The van der Waals surface area contributed by atoms with Gasteiger partial charge in [0.25, 0.3) is 0 Å². The zero-order valence-electron chi connectivity index (χ0n) is 10.7. The zero-order chi connectivity index (χ0) is 11.9. The smallest absolute Gasteiger partial charge is 0.0172 e. The molecule has 1 nitrogen and oxygen atoms in total. The first-order chi connectivity index (χ1) is 8.34. The van der Waals surface area contributed by atoms with Crippen molar-refractivity contribution in [1.82, 2.24) is 5.32 Å². The first kappa shape index (κ1) is 13.0. The lowest BCUT2D eigenvalue weighted by atomic mass is 10.1. The van der Waals surface area contributed by atoms with Crippen LogP contribution in [0.15, 0.2) is 30.3 Å². The molecule has 1 aliphatic rings. The van der Waals surface area contributed by atoms with Crippen LogP contribution in [0.2, 0.25) is 0 Å². The summed E-state index contributed by atoms with van der Waals surface area (Å²) in [7, 11) is 0. The topological polar surface area (TPSA) is 12.0 Å². The first-order valence-electron chi connectivity index (χ1n) is 6.73. The molecule has 1 aromatic rings. The molecular weight excluding hydrogens is 226 g/mol. The van der Waals surface area contributed by atoms with Gasteiger partial charge in [-0.2, -0.15) is 11.8 Å². The second-order valence-corrected chi connectivity index (χ2v) is 6.38. The predicted molar refractivity (Wildman–Crippen MR) is 77.7 cm³/mol. The van der Waals surface area contributed by atoms with Gasteiger partial charge in [0.15, 0.2) is 0 Å². The van der Waals surface area contributed by atoms with Gasteiger partial charge in [0.05, 0.1) is 0 Å². The molecule has 1 N–H and O–H groups in total. The summed E-state index contributed by atoms with van der Waals surface area (Å²) in [6.45, 7) is 3.50. The van der Waals surface area contributed by atoms with Crippen molar-refractivity contribution in [3.63, 3.8) is 0 Å². The van der Waals surface area contributed by atoms with Gasteiger partial charge in [-0.3, -0.25) is 0 Å². The van der Waals surface area contributed by atoms with Crippen molar-refractivity contribution in [2.45, 2.75) is 43.9 Å². The summed E-state index contributed by atoms with van der Waals surface area (Å²) in [6, 6.07) is 11.4. The quantitative estimate of drug-likeness (QED) is 0.828. The summed E-state index contributed by atoms with van der Waals surface area (Å²) in [5, 5.41) is 4.54. The van der Waals surface area contributed by atoms with Crippen molar-refractivity contribution in [3.05, 3.63) is 35.9 Å². The lowest BCUT2D eigenvalue weighted by molar-refractivity contribution is 0.508. The van der Waals surface area contributed by atoms with Gasteiger partial charge in [-0.1, -0.05) is 30.3 Å². The molecule has 0 amide bonds. The summed E-state index contributed by atoms with van der Waals surface area (Å²) < 4.78 is 0. The van der Waals surface area contributed by atoms with E-state index in [4.69, 9.17) is 0 Å². The average Bonchev–Trinajstić information content (AvgIpc) is 2.88. The van der Waals surface area contributed by atoms with E-state index in [0.717, 1.165) is 5.25 Å². The van der Waals surface area contributed by atoms with E-state index in [2.05, 4.69) is 54.3 Å². The standard InChI is InChI=1S/C15H23NS/c1-13(16-12-15-8-5-11-17-15)9-10-14-6-3-2-4-7-14/h2-4,6-7,13,15-16H,5,8-12H2,1H3. The fourth-order valence-electron chi connectivity index (χ4n) is 2.27. The van der Waals surface area contributed by atoms with Crippen LogP contribution in [0.4, 0.5) is 0 Å². The highest BCUT2D eigenvalue weighted by atomic mass is 32.2. The maximum absolute atomic E-state index is 3.67. The second kappa shape index (κ2) is 7.07.